The van der Waals surface area contributed by atoms with E-state index in [2.05, 4.69) is 10.3 Å². The van der Waals surface area contributed by atoms with E-state index in [1.165, 1.54) is 0 Å². The monoisotopic (exact) mass is 449 g/mol. The van der Waals surface area contributed by atoms with Gasteiger partial charge in [0.05, 0.1) is 18.6 Å². The standard InChI is InChI=1S/C24H39N3O5/c1-6-31-24(30)22-17(4)20(18(5)26-22)10-11-21(28)27-13-7-9-19(15-27)23(29)25-12-8-14-32-16(2)3/h16,19,26H,6-15H2,1-5H3,(H,25,29)/t19-/m1/s1. The lowest BCUT2D eigenvalue weighted by atomic mass is 9.96. The number of esters is 1. The first-order valence-electron chi connectivity index (χ1n) is 11.8. The zero-order valence-electron chi connectivity index (χ0n) is 20.2. The molecule has 1 saturated heterocycles. The molecule has 8 heteroatoms. The molecule has 0 unspecified atom stereocenters. The quantitative estimate of drug-likeness (QED) is 0.400. The number of carbonyl (C=O) groups excluding carboxylic acids is 3. The van der Waals surface area contributed by atoms with Gasteiger partial charge in [0.25, 0.3) is 0 Å². The molecule has 0 aliphatic carbocycles. The van der Waals surface area contributed by atoms with Crippen LogP contribution in [0.1, 0.15) is 73.8 Å². The van der Waals surface area contributed by atoms with Crippen molar-refractivity contribution in [1.82, 2.24) is 15.2 Å². The van der Waals surface area contributed by atoms with Gasteiger partial charge < -0.3 is 24.7 Å². The predicted octanol–water partition coefficient (Wildman–Crippen LogP) is 2.91. The zero-order chi connectivity index (χ0) is 23.7. The smallest absolute Gasteiger partial charge is 0.355 e. The third kappa shape index (κ3) is 7.36. The molecule has 32 heavy (non-hydrogen) atoms. The summed E-state index contributed by atoms with van der Waals surface area (Å²) in [4.78, 5) is 42.3. The molecule has 1 atom stereocenters. The van der Waals surface area contributed by atoms with Crippen molar-refractivity contribution >= 4 is 17.8 Å². The highest BCUT2D eigenvalue weighted by Crippen LogP contribution is 2.22. The van der Waals surface area contributed by atoms with E-state index in [1.807, 2.05) is 27.7 Å². The minimum atomic E-state index is -0.369. The molecular weight excluding hydrogens is 410 g/mol. The van der Waals surface area contributed by atoms with Crippen LogP contribution in [-0.2, 0) is 25.5 Å². The average Bonchev–Trinajstić information content (AvgIpc) is 3.05. The van der Waals surface area contributed by atoms with Crippen molar-refractivity contribution in [3.05, 3.63) is 22.5 Å². The van der Waals surface area contributed by atoms with Gasteiger partial charge in [0.1, 0.15) is 5.69 Å². The Morgan fingerprint density at radius 1 is 1.25 bits per heavy atom. The largest absolute Gasteiger partial charge is 0.461 e. The molecule has 1 aliphatic heterocycles. The van der Waals surface area contributed by atoms with Gasteiger partial charge in [0, 0.05) is 38.4 Å². The number of hydrogen-bond donors (Lipinski definition) is 2. The van der Waals surface area contributed by atoms with Crippen molar-refractivity contribution in [2.45, 2.75) is 72.8 Å². The SMILES string of the molecule is CCOC(=O)c1[nH]c(C)c(CCC(=O)N2CCC[C@@H](C(=O)NCCCOC(C)C)C2)c1C. The van der Waals surface area contributed by atoms with Crippen molar-refractivity contribution in [1.29, 1.82) is 0 Å². The van der Waals surface area contributed by atoms with Crippen molar-refractivity contribution in [2.75, 3.05) is 32.8 Å². The van der Waals surface area contributed by atoms with Crippen LogP contribution in [0.25, 0.3) is 0 Å². The van der Waals surface area contributed by atoms with E-state index in [0.717, 1.165) is 36.1 Å². The van der Waals surface area contributed by atoms with E-state index in [-0.39, 0.29) is 29.8 Å². The fourth-order valence-corrected chi connectivity index (χ4v) is 4.13. The van der Waals surface area contributed by atoms with Crippen LogP contribution in [0.3, 0.4) is 0 Å². The Morgan fingerprint density at radius 2 is 2.00 bits per heavy atom. The van der Waals surface area contributed by atoms with Crippen LogP contribution in [-0.4, -0.2) is 66.6 Å². The van der Waals surface area contributed by atoms with Gasteiger partial charge in [-0.25, -0.2) is 4.79 Å². The lowest BCUT2D eigenvalue weighted by Gasteiger charge is -2.32. The van der Waals surface area contributed by atoms with Crippen LogP contribution in [0.4, 0.5) is 0 Å². The Balaban J connectivity index is 1.84. The van der Waals surface area contributed by atoms with Crippen LogP contribution < -0.4 is 5.32 Å². The highest BCUT2D eigenvalue weighted by Gasteiger charge is 2.28. The number of H-pyrrole nitrogens is 1. The summed E-state index contributed by atoms with van der Waals surface area (Å²) in [5.41, 5.74) is 3.17. The molecule has 1 fully saturated rings. The van der Waals surface area contributed by atoms with Gasteiger partial charge in [0.2, 0.25) is 11.8 Å². The maximum atomic E-state index is 12.8. The number of ether oxygens (including phenoxy) is 2. The molecule has 0 saturated carbocycles. The van der Waals surface area contributed by atoms with Crippen LogP contribution in [0.5, 0.6) is 0 Å². The van der Waals surface area contributed by atoms with Gasteiger partial charge >= 0.3 is 5.97 Å². The fourth-order valence-electron chi connectivity index (χ4n) is 4.13. The minimum absolute atomic E-state index is 0.0171. The number of piperidine rings is 1. The van der Waals surface area contributed by atoms with Gasteiger partial charge in [-0.2, -0.15) is 0 Å². The van der Waals surface area contributed by atoms with Crippen LogP contribution in [0.15, 0.2) is 0 Å². The third-order valence-electron chi connectivity index (χ3n) is 5.88. The minimum Gasteiger partial charge on any atom is -0.461 e. The molecule has 0 radical (unpaired) electrons. The Bertz CT molecular complexity index is 787. The second-order valence-corrected chi connectivity index (χ2v) is 8.69. The molecule has 0 bridgehead atoms. The second kappa shape index (κ2) is 12.6. The summed E-state index contributed by atoms with van der Waals surface area (Å²) in [5.74, 6) is -0.467. The molecule has 0 spiro atoms. The zero-order valence-corrected chi connectivity index (χ0v) is 20.2. The van der Waals surface area contributed by atoms with Gasteiger partial charge in [0.15, 0.2) is 0 Å². The van der Waals surface area contributed by atoms with E-state index < -0.39 is 0 Å². The Morgan fingerprint density at radius 3 is 2.69 bits per heavy atom. The average molecular weight is 450 g/mol. The first-order valence-corrected chi connectivity index (χ1v) is 11.8. The molecule has 1 aromatic rings. The molecule has 1 aromatic heterocycles. The summed E-state index contributed by atoms with van der Waals surface area (Å²) in [7, 11) is 0. The van der Waals surface area contributed by atoms with E-state index >= 15 is 0 Å². The molecule has 2 heterocycles. The molecule has 2 amide bonds. The van der Waals surface area contributed by atoms with E-state index in [0.29, 0.717) is 51.4 Å². The Hall–Kier alpha value is -2.35. The predicted molar refractivity (Wildman–Crippen MR) is 123 cm³/mol. The summed E-state index contributed by atoms with van der Waals surface area (Å²) in [6, 6.07) is 0. The number of nitrogens with zero attached hydrogens (tertiary/aromatic N) is 1. The van der Waals surface area contributed by atoms with Gasteiger partial charge in [-0.05, 0) is 71.4 Å². The van der Waals surface area contributed by atoms with Gasteiger partial charge in [-0.15, -0.1) is 0 Å². The number of aromatic amines is 1. The maximum Gasteiger partial charge on any atom is 0.355 e. The number of aryl methyl sites for hydroxylation is 1. The van der Waals surface area contributed by atoms with Gasteiger partial charge in [-0.1, -0.05) is 0 Å². The molecule has 2 rings (SSSR count). The number of carbonyl (C=O) groups is 3. The molecule has 180 valence electrons. The summed E-state index contributed by atoms with van der Waals surface area (Å²) in [5, 5.41) is 2.98. The van der Waals surface area contributed by atoms with Crippen LogP contribution in [0, 0.1) is 19.8 Å². The maximum absolute atomic E-state index is 12.8. The lowest BCUT2D eigenvalue weighted by molar-refractivity contribution is -0.135. The van der Waals surface area contributed by atoms with Crippen molar-refractivity contribution in [3.63, 3.8) is 0 Å². The molecular formula is C24H39N3O5. The number of aromatic nitrogens is 1. The highest BCUT2D eigenvalue weighted by molar-refractivity contribution is 5.90. The lowest BCUT2D eigenvalue weighted by Crippen LogP contribution is -2.45. The van der Waals surface area contributed by atoms with E-state index in [9.17, 15) is 14.4 Å². The van der Waals surface area contributed by atoms with Crippen molar-refractivity contribution < 1.29 is 23.9 Å². The van der Waals surface area contributed by atoms with Gasteiger partial charge in [-0.3, -0.25) is 9.59 Å². The Labute approximate surface area is 191 Å². The topological polar surface area (TPSA) is 101 Å². The number of nitrogens with one attached hydrogen (secondary N) is 2. The number of rotatable bonds is 11. The second-order valence-electron chi connectivity index (χ2n) is 8.69. The first-order chi connectivity index (χ1) is 15.2. The summed E-state index contributed by atoms with van der Waals surface area (Å²) >= 11 is 0. The summed E-state index contributed by atoms with van der Waals surface area (Å²) < 4.78 is 10.6. The summed E-state index contributed by atoms with van der Waals surface area (Å²) in [6.45, 7) is 12.2. The summed E-state index contributed by atoms with van der Waals surface area (Å²) in [6.07, 6.45) is 3.51. The normalized spacial score (nSPS) is 16.3. The Kier molecular flexibility index (Phi) is 10.2. The highest BCUT2D eigenvalue weighted by atomic mass is 16.5. The van der Waals surface area contributed by atoms with E-state index in [1.54, 1.807) is 11.8 Å². The van der Waals surface area contributed by atoms with Crippen molar-refractivity contribution in [3.8, 4) is 0 Å². The van der Waals surface area contributed by atoms with Crippen LogP contribution >= 0.6 is 0 Å². The van der Waals surface area contributed by atoms with E-state index in [4.69, 9.17) is 9.47 Å². The van der Waals surface area contributed by atoms with Crippen molar-refractivity contribution in [2.24, 2.45) is 5.92 Å². The first kappa shape index (κ1) is 25.9. The molecule has 1 aliphatic rings. The number of hydrogen-bond acceptors (Lipinski definition) is 5. The fraction of sp³-hybridized carbons (Fsp3) is 0.708. The number of likely N-dealkylation sites (tertiary alicyclic amines) is 1. The third-order valence-corrected chi connectivity index (χ3v) is 5.88. The number of amides is 2. The van der Waals surface area contributed by atoms with Crippen LogP contribution in [0.2, 0.25) is 0 Å². The molecule has 2 N–H and O–H groups in total. The molecule has 0 aromatic carbocycles. The molecule has 8 nitrogen and oxygen atoms in total.